The summed E-state index contributed by atoms with van der Waals surface area (Å²) in [5.74, 6) is -1.08. The Morgan fingerprint density at radius 1 is 1.12 bits per heavy atom. The Morgan fingerprint density at radius 2 is 1.92 bits per heavy atom. The molecule has 124 valence electrons. The number of nitrogens with one attached hydrogen (secondary N) is 1. The van der Waals surface area contributed by atoms with Crippen molar-refractivity contribution in [2.75, 3.05) is 11.9 Å². The molecule has 0 aromatic heterocycles. The summed E-state index contributed by atoms with van der Waals surface area (Å²) in [5.41, 5.74) is 1.87. The molecule has 1 amide bonds. The van der Waals surface area contributed by atoms with Crippen molar-refractivity contribution in [2.24, 2.45) is 0 Å². The fourth-order valence-electron chi connectivity index (χ4n) is 3.09. The minimum Gasteiger partial charge on any atom is -0.478 e. The van der Waals surface area contributed by atoms with Gasteiger partial charge < -0.3 is 10.4 Å². The first-order valence-electron chi connectivity index (χ1n) is 8.06. The summed E-state index contributed by atoms with van der Waals surface area (Å²) in [6, 6.07) is 16.2. The number of carboxylic acids is 1. The van der Waals surface area contributed by atoms with Gasteiger partial charge in [-0.15, -0.1) is 0 Å². The van der Waals surface area contributed by atoms with Crippen LogP contribution in [0.15, 0.2) is 54.6 Å². The number of amides is 1. The van der Waals surface area contributed by atoms with Crippen molar-refractivity contribution in [3.63, 3.8) is 0 Å². The third-order valence-corrected chi connectivity index (χ3v) is 4.27. The van der Waals surface area contributed by atoms with E-state index >= 15 is 0 Å². The molecule has 5 nitrogen and oxygen atoms in total. The highest BCUT2D eigenvalue weighted by Gasteiger charge is 2.30. The van der Waals surface area contributed by atoms with Gasteiger partial charge in [0, 0.05) is 12.2 Å². The number of benzene rings is 2. The molecule has 1 atom stereocenters. The second-order valence-corrected chi connectivity index (χ2v) is 5.99. The number of likely N-dealkylation sites (tertiary alicyclic amines) is 1. The Kier molecular flexibility index (Phi) is 4.91. The summed E-state index contributed by atoms with van der Waals surface area (Å²) >= 11 is 0. The van der Waals surface area contributed by atoms with Gasteiger partial charge in [0.15, 0.2) is 0 Å². The predicted octanol–water partition coefficient (Wildman–Crippen LogP) is 2.99. The highest BCUT2D eigenvalue weighted by Crippen LogP contribution is 2.22. The maximum Gasteiger partial charge on any atom is 0.335 e. The first-order valence-corrected chi connectivity index (χ1v) is 8.06. The van der Waals surface area contributed by atoms with E-state index in [1.54, 1.807) is 12.1 Å². The topological polar surface area (TPSA) is 69.6 Å². The van der Waals surface area contributed by atoms with Gasteiger partial charge in [0.2, 0.25) is 5.91 Å². The van der Waals surface area contributed by atoms with Crippen LogP contribution in [0, 0.1) is 0 Å². The molecule has 3 rings (SSSR count). The van der Waals surface area contributed by atoms with Crippen molar-refractivity contribution in [3.8, 4) is 0 Å². The maximum atomic E-state index is 12.6. The molecule has 24 heavy (non-hydrogen) atoms. The minimum atomic E-state index is -1.00. The largest absolute Gasteiger partial charge is 0.478 e. The smallest absolute Gasteiger partial charge is 0.335 e. The number of hydrogen-bond acceptors (Lipinski definition) is 3. The number of carbonyl (C=O) groups is 2. The summed E-state index contributed by atoms with van der Waals surface area (Å²) in [6.07, 6.45) is 1.80. The molecule has 0 aliphatic carbocycles. The van der Waals surface area contributed by atoms with Crippen LogP contribution in [-0.2, 0) is 11.3 Å². The molecule has 0 unspecified atom stereocenters. The van der Waals surface area contributed by atoms with Crippen LogP contribution in [-0.4, -0.2) is 34.5 Å². The van der Waals surface area contributed by atoms with Crippen LogP contribution < -0.4 is 5.32 Å². The second-order valence-electron chi connectivity index (χ2n) is 5.99. The van der Waals surface area contributed by atoms with Crippen LogP contribution >= 0.6 is 0 Å². The van der Waals surface area contributed by atoms with E-state index in [2.05, 4.69) is 22.3 Å². The second kappa shape index (κ2) is 7.27. The first kappa shape index (κ1) is 16.2. The van der Waals surface area contributed by atoms with E-state index in [1.165, 1.54) is 17.7 Å². The predicted molar refractivity (Wildman–Crippen MR) is 91.9 cm³/mol. The Hall–Kier alpha value is -2.66. The summed E-state index contributed by atoms with van der Waals surface area (Å²) in [7, 11) is 0. The Morgan fingerprint density at radius 3 is 2.67 bits per heavy atom. The molecular formula is C19H20N2O3. The van der Waals surface area contributed by atoms with E-state index in [0.717, 1.165) is 25.9 Å². The lowest BCUT2D eigenvalue weighted by Crippen LogP contribution is -2.39. The fourth-order valence-corrected chi connectivity index (χ4v) is 3.09. The van der Waals surface area contributed by atoms with Gasteiger partial charge in [0.25, 0.3) is 0 Å². The third kappa shape index (κ3) is 3.81. The molecular weight excluding hydrogens is 304 g/mol. The Balaban J connectivity index is 1.67. The van der Waals surface area contributed by atoms with Crippen LogP contribution in [0.1, 0.15) is 28.8 Å². The molecule has 0 spiro atoms. The minimum absolute atomic E-state index is 0.0778. The zero-order valence-electron chi connectivity index (χ0n) is 13.3. The van der Waals surface area contributed by atoms with Crippen molar-refractivity contribution >= 4 is 17.6 Å². The average molecular weight is 324 g/mol. The average Bonchev–Trinajstić information content (AvgIpc) is 3.04. The molecule has 1 fully saturated rings. The molecule has 0 radical (unpaired) electrons. The zero-order valence-corrected chi connectivity index (χ0v) is 13.3. The van der Waals surface area contributed by atoms with Crippen molar-refractivity contribution in [1.82, 2.24) is 4.90 Å². The SMILES string of the molecule is O=C(O)c1cccc(NC(=O)[C@@H]2CCCN2Cc2ccccc2)c1. The normalized spacial score (nSPS) is 17.6. The maximum absolute atomic E-state index is 12.6. The molecule has 0 saturated carbocycles. The standard InChI is InChI=1S/C19H20N2O3/c22-18(20-16-9-4-8-15(12-16)19(23)24)17-10-5-11-21(17)13-14-6-2-1-3-7-14/h1-4,6-9,12,17H,5,10-11,13H2,(H,20,22)(H,23,24)/t17-/m0/s1. The van der Waals surface area contributed by atoms with Gasteiger partial charge in [-0.25, -0.2) is 4.79 Å². The highest BCUT2D eigenvalue weighted by atomic mass is 16.4. The highest BCUT2D eigenvalue weighted by molar-refractivity contribution is 5.96. The summed E-state index contributed by atoms with van der Waals surface area (Å²) in [5, 5.41) is 11.9. The molecule has 2 N–H and O–H groups in total. The lowest BCUT2D eigenvalue weighted by Gasteiger charge is -2.23. The third-order valence-electron chi connectivity index (χ3n) is 4.27. The van der Waals surface area contributed by atoms with E-state index in [-0.39, 0.29) is 17.5 Å². The van der Waals surface area contributed by atoms with E-state index < -0.39 is 5.97 Å². The first-order chi connectivity index (χ1) is 11.6. The number of hydrogen-bond donors (Lipinski definition) is 2. The number of aromatic carboxylic acids is 1. The fraction of sp³-hybridized carbons (Fsp3) is 0.263. The van der Waals surface area contributed by atoms with Gasteiger partial charge in [-0.3, -0.25) is 9.69 Å². The Labute approximate surface area is 140 Å². The molecule has 0 bridgehead atoms. The molecule has 5 heteroatoms. The molecule has 2 aromatic carbocycles. The van der Waals surface area contributed by atoms with Gasteiger partial charge in [0.05, 0.1) is 11.6 Å². The van der Waals surface area contributed by atoms with Crippen molar-refractivity contribution < 1.29 is 14.7 Å². The molecule has 1 heterocycles. The van der Waals surface area contributed by atoms with E-state index in [9.17, 15) is 9.59 Å². The van der Waals surface area contributed by atoms with Crippen LogP contribution in [0.4, 0.5) is 5.69 Å². The zero-order chi connectivity index (χ0) is 16.9. The van der Waals surface area contributed by atoms with Crippen LogP contribution in [0.2, 0.25) is 0 Å². The number of nitrogens with zero attached hydrogens (tertiary/aromatic N) is 1. The lowest BCUT2D eigenvalue weighted by molar-refractivity contribution is -0.120. The number of carbonyl (C=O) groups excluding carboxylic acids is 1. The summed E-state index contributed by atoms with van der Waals surface area (Å²) < 4.78 is 0. The Bertz CT molecular complexity index is 730. The van der Waals surface area contributed by atoms with E-state index in [0.29, 0.717) is 5.69 Å². The van der Waals surface area contributed by atoms with Crippen LogP contribution in [0.3, 0.4) is 0 Å². The lowest BCUT2D eigenvalue weighted by atomic mass is 10.1. The number of anilines is 1. The molecule has 2 aromatic rings. The summed E-state index contributed by atoms with van der Waals surface area (Å²) in [6.45, 7) is 1.64. The monoisotopic (exact) mass is 324 g/mol. The molecule has 1 aliphatic rings. The number of carboxylic acid groups (broad SMARTS) is 1. The van der Waals surface area contributed by atoms with Gasteiger partial charge >= 0.3 is 5.97 Å². The molecule has 1 aliphatic heterocycles. The molecule has 1 saturated heterocycles. The van der Waals surface area contributed by atoms with Crippen molar-refractivity contribution in [2.45, 2.75) is 25.4 Å². The van der Waals surface area contributed by atoms with Crippen LogP contribution in [0.5, 0.6) is 0 Å². The van der Waals surface area contributed by atoms with Crippen LogP contribution in [0.25, 0.3) is 0 Å². The van der Waals surface area contributed by atoms with E-state index in [1.807, 2.05) is 18.2 Å². The van der Waals surface area contributed by atoms with Gasteiger partial charge in [-0.1, -0.05) is 36.4 Å². The van der Waals surface area contributed by atoms with Gasteiger partial charge in [-0.05, 0) is 43.1 Å². The van der Waals surface area contributed by atoms with Gasteiger partial charge in [0.1, 0.15) is 0 Å². The van der Waals surface area contributed by atoms with Crippen molar-refractivity contribution in [1.29, 1.82) is 0 Å². The summed E-state index contributed by atoms with van der Waals surface area (Å²) in [4.78, 5) is 25.8. The quantitative estimate of drug-likeness (QED) is 0.887. The number of rotatable bonds is 5. The van der Waals surface area contributed by atoms with Gasteiger partial charge in [-0.2, -0.15) is 0 Å². The van der Waals surface area contributed by atoms with E-state index in [4.69, 9.17) is 5.11 Å². The van der Waals surface area contributed by atoms with Crippen molar-refractivity contribution in [3.05, 3.63) is 65.7 Å².